The number of aromatic nitrogens is 2. The topological polar surface area (TPSA) is 33.1 Å². The van der Waals surface area contributed by atoms with Crippen LogP contribution in [0.25, 0.3) is 5.69 Å². The average molecular weight is 307 g/mol. The standard InChI is InChI=1S/C16H22N4.ClH/c1-13-10-19(11-14(2)18-13)12-16-8-9-17-20(16)15-6-4-3-5-7-15;/h3-9,13-14,18H,10-12H2,1-2H3;1H. The molecule has 21 heavy (non-hydrogen) atoms. The van der Waals surface area contributed by atoms with E-state index >= 15 is 0 Å². The lowest BCUT2D eigenvalue weighted by molar-refractivity contribution is 0.164. The predicted molar refractivity (Wildman–Crippen MR) is 88.1 cm³/mol. The van der Waals surface area contributed by atoms with Crippen molar-refractivity contribution in [2.45, 2.75) is 32.5 Å². The second kappa shape index (κ2) is 7.07. The fraction of sp³-hybridized carbons (Fsp3) is 0.438. The summed E-state index contributed by atoms with van der Waals surface area (Å²) in [5, 5.41) is 8.04. The van der Waals surface area contributed by atoms with Gasteiger partial charge in [-0.25, -0.2) is 4.68 Å². The number of piperazine rings is 1. The van der Waals surface area contributed by atoms with Gasteiger partial charge in [0.25, 0.3) is 0 Å². The van der Waals surface area contributed by atoms with E-state index < -0.39 is 0 Å². The monoisotopic (exact) mass is 306 g/mol. The Hall–Kier alpha value is -1.36. The van der Waals surface area contributed by atoms with Crippen LogP contribution >= 0.6 is 12.4 Å². The number of hydrogen-bond acceptors (Lipinski definition) is 3. The van der Waals surface area contributed by atoms with Crippen LogP contribution in [-0.2, 0) is 6.54 Å². The van der Waals surface area contributed by atoms with Gasteiger partial charge in [-0.05, 0) is 32.0 Å². The normalized spacial score (nSPS) is 22.8. The quantitative estimate of drug-likeness (QED) is 0.946. The predicted octanol–water partition coefficient (Wildman–Crippen LogP) is 2.48. The molecular formula is C16H23ClN4. The molecule has 2 unspecified atom stereocenters. The molecule has 3 rings (SSSR count). The van der Waals surface area contributed by atoms with Gasteiger partial charge in [-0.1, -0.05) is 18.2 Å². The second-order valence-corrected chi connectivity index (χ2v) is 5.73. The van der Waals surface area contributed by atoms with Crippen molar-refractivity contribution < 1.29 is 0 Å². The molecule has 1 aromatic heterocycles. The number of nitrogens with one attached hydrogen (secondary N) is 1. The van der Waals surface area contributed by atoms with Gasteiger partial charge in [-0.15, -0.1) is 12.4 Å². The van der Waals surface area contributed by atoms with Crippen LogP contribution in [0, 0.1) is 0 Å². The Bertz CT molecular complexity index is 544. The van der Waals surface area contributed by atoms with E-state index in [9.17, 15) is 0 Å². The second-order valence-electron chi connectivity index (χ2n) is 5.73. The summed E-state index contributed by atoms with van der Waals surface area (Å²) in [6.07, 6.45) is 1.89. The maximum atomic E-state index is 4.46. The molecule has 1 aliphatic rings. The summed E-state index contributed by atoms with van der Waals surface area (Å²) in [6.45, 7) is 7.62. The van der Waals surface area contributed by atoms with Crippen LogP contribution in [0.2, 0.25) is 0 Å². The lowest BCUT2D eigenvalue weighted by Crippen LogP contribution is -2.53. The maximum Gasteiger partial charge on any atom is 0.0649 e. The molecule has 2 heterocycles. The first-order valence-electron chi connectivity index (χ1n) is 7.29. The third-order valence-corrected chi connectivity index (χ3v) is 3.74. The van der Waals surface area contributed by atoms with Crippen LogP contribution in [0.3, 0.4) is 0 Å². The van der Waals surface area contributed by atoms with Gasteiger partial charge in [-0.2, -0.15) is 5.10 Å². The first-order valence-corrected chi connectivity index (χ1v) is 7.29. The zero-order valence-corrected chi connectivity index (χ0v) is 13.4. The molecule has 1 aromatic carbocycles. The van der Waals surface area contributed by atoms with Gasteiger partial charge in [0.2, 0.25) is 0 Å². The molecule has 0 bridgehead atoms. The zero-order chi connectivity index (χ0) is 13.9. The van der Waals surface area contributed by atoms with Crippen molar-refractivity contribution in [2.24, 2.45) is 0 Å². The first kappa shape index (κ1) is 16.0. The van der Waals surface area contributed by atoms with Gasteiger partial charge in [0, 0.05) is 37.9 Å². The Kier molecular flexibility index (Phi) is 5.39. The fourth-order valence-corrected chi connectivity index (χ4v) is 3.05. The van der Waals surface area contributed by atoms with Gasteiger partial charge < -0.3 is 5.32 Å². The molecule has 0 spiro atoms. The Balaban J connectivity index is 0.00000161. The van der Waals surface area contributed by atoms with Gasteiger partial charge in [-0.3, -0.25) is 4.90 Å². The number of hydrogen-bond donors (Lipinski definition) is 1. The van der Waals surface area contributed by atoms with Crippen molar-refractivity contribution in [2.75, 3.05) is 13.1 Å². The molecule has 2 atom stereocenters. The van der Waals surface area contributed by atoms with Crippen LogP contribution in [-0.4, -0.2) is 39.9 Å². The van der Waals surface area contributed by atoms with E-state index in [-0.39, 0.29) is 12.4 Å². The molecule has 1 aliphatic heterocycles. The Morgan fingerprint density at radius 3 is 2.43 bits per heavy atom. The first-order chi connectivity index (χ1) is 9.72. The molecule has 4 nitrogen and oxygen atoms in total. The fourth-order valence-electron chi connectivity index (χ4n) is 3.05. The highest BCUT2D eigenvalue weighted by molar-refractivity contribution is 5.85. The van der Waals surface area contributed by atoms with E-state index in [1.165, 1.54) is 5.69 Å². The van der Waals surface area contributed by atoms with Crippen molar-refractivity contribution in [1.82, 2.24) is 20.0 Å². The molecule has 0 saturated carbocycles. The highest BCUT2D eigenvalue weighted by atomic mass is 35.5. The zero-order valence-electron chi connectivity index (χ0n) is 12.6. The Morgan fingerprint density at radius 1 is 1.10 bits per heavy atom. The molecular weight excluding hydrogens is 284 g/mol. The summed E-state index contributed by atoms with van der Waals surface area (Å²) in [6, 6.07) is 13.5. The Labute approximate surface area is 132 Å². The highest BCUT2D eigenvalue weighted by Crippen LogP contribution is 2.14. The van der Waals surface area contributed by atoms with E-state index in [1.54, 1.807) is 0 Å². The molecule has 0 amide bonds. The molecule has 5 heteroatoms. The number of para-hydroxylation sites is 1. The molecule has 1 saturated heterocycles. The van der Waals surface area contributed by atoms with Crippen molar-refractivity contribution in [3.63, 3.8) is 0 Å². The lowest BCUT2D eigenvalue weighted by atomic mass is 10.1. The summed E-state index contributed by atoms with van der Waals surface area (Å²) < 4.78 is 2.04. The summed E-state index contributed by atoms with van der Waals surface area (Å²) in [4.78, 5) is 2.50. The van der Waals surface area contributed by atoms with Gasteiger partial charge >= 0.3 is 0 Å². The third-order valence-electron chi connectivity index (χ3n) is 3.74. The van der Waals surface area contributed by atoms with Crippen LogP contribution in [0.1, 0.15) is 19.5 Å². The average Bonchev–Trinajstić information content (AvgIpc) is 2.86. The summed E-state index contributed by atoms with van der Waals surface area (Å²) in [5.41, 5.74) is 2.38. The molecule has 0 radical (unpaired) electrons. The SMILES string of the molecule is CC1CN(Cc2ccnn2-c2ccccc2)CC(C)N1.Cl. The van der Waals surface area contributed by atoms with Gasteiger partial charge in [0.1, 0.15) is 0 Å². The maximum absolute atomic E-state index is 4.46. The van der Waals surface area contributed by atoms with E-state index in [2.05, 4.69) is 59.5 Å². The van der Waals surface area contributed by atoms with Crippen molar-refractivity contribution in [1.29, 1.82) is 0 Å². The number of benzene rings is 1. The van der Waals surface area contributed by atoms with Gasteiger partial charge in [0.05, 0.1) is 11.4 Å². The van der Waals surface area contributed by atoms with Crippen molar-refractivity contribution >= 4 is 12.4 Å². The van der Waals surface area contributed by atoms with Crippen LogP contribution in [0.15, 0.2) is 42.6 Å². The minimum Gasteiger partial charge on any atom is -0.309 e. The van der Waals surface area contributed by atoms with Gasteiger partial charge in [0.15, 0.2) is 0 Å². The highest BCUT2D eigenvalue weighted by Gasteiger charge is 2.21. The summed E-state index contributed by atoms with van der Waals surface area (Å²) >= 11 is 0. The lowest BCUT2D eigenvalue weighted by Gasteiger charge is -2.36. The third kappa shape index (κ3) is 3.84. The summed E-state index contributed by atoms with van der Waals surface area (Å²) in [5.74, 6) is 0. The van der Waals surface area contributed by atoms with Crippen LogP contribution in [0.5, 0.6) is 0 Å². The minimum absolute atomic E-state index is 0. The number of nitrogens with zero attached hydrogens (tertiary/aromatic N) is 3. The van der Waals surface area contributed by atoms with E-state index in [0.717, 1.165) is 25.3 Å². The van der Waals surface area contributed by atoms with Crippen molar-refractivity contribution in [3.8, 4) is 5.69 Å². The summed E-state index contributed by atoms with van der Waals surface area (Å²) in [7, 11) is 0. The van der Waals surface area contributed by atoms with Crippen molar-refractivity contribution in [3.05, 3.63) is 48.3 Å². The number of halogens is 1. The smallest absolute Gasteiger partial charge is 0.0649 e. The van der Waals surface area contributed by atoms with E-state index in [1.807, 2.05) is 16.9 Å². The van der Waals surface area contributed by atoms with E-state index in [4.69, 9.17) is 0 Å². The minimum atomic E-state index is 0. The van der Waals surface area contributed by atoms with Crippen LogP contribution in [0.4, 0.5) is 0 Å². The molecule has 0 aliphatic carbocycles. The Morgan fingerprint density at radius 2 is 1.76 bits per heavy atom. The molecule has 1 N–H and O–H groups in total. The number of rotatable bonds is 3. The molecule has 2 aromatic rings. The van der Waals surface area contributed by atoms with Crippen LogP contribution < -0.4 is 5.32 Å². The molecule has 114 valence electrons. The largest absolute Gasteiger partial charge is 0.309 e. The van der Waals surface area contributed by atoms with E-state index in [0.29, 0.717) is 12.1 Å². The molecule has 1 fully saturated rings.